The van der Waals surface area contributed by atoms with E-state index in [4.69, 9.17) is 23.2 Å². The zero-order valence-electron chi connectivity index (χ0n) is 22.6. The van der Waals surface area contributed by atoms with Gasteiger partial charge in [0, 0.05) is 22.1 Å². The summed E-state index contributed by atoms with van der Waals surface area (Å²) in [6.07, 6.45) is 0. The maximum Gasteiger partial charge on any atom is 0.264 e. The highest BCUT2D eigenvalue weighted by molar-refractivity contribution is 7.92. The highest BCUT2D eigenvalue weighted by Gasteiger charge is 2.34. The van der Waals surface area contributed by atoms with Gasteiger partial charge in [0.15, 0.2) is 0 Å². The van der Waals surface area contributed by atoms with Crippen LogP contribution < -0.4 is 9.62 Å². The van der Waals surface area contributed by atoms with Gasteiger partial charge in [0.05, 0.1) is 10.6 Å². The maximum atomic E-state index is 14.0. The van der Waals surface area contributed by atoms with Crippen molar-refractivity contribution in [2.45, 2.75) is 57.6 Å². The number of amides is 2. The summed E-state index contributed by atoms with van der Waals surface area (Å²) in [5.41, 5.74) is 1.07. The van der Waals surface area contributed by atoms with Crippen LogP contribution in [0, 0.1) is 6.92 Å². The zero-order chi connectivity index (χ0) is 29.0. The molecule has 10 heteroatoms. The monoisotopic (exact) mass is 589 g/mol. The molecule has 0 saturated heterocycles. The quantitative estimate of drug-likeness (QED) is 0.340. The molecule has 0 aliphatic carbocycles. The van der Waals surface area contributed by atoms with Crippen molar-refractivity contribution >= 4 is 50.7 Å². The highest BCUT2D eigenvalue weighted by Crippen LogP contribution is 2.28. The second-order valence-corrected chi connectivity index (χ2v) is 13.0. The first-order valence-electron chi connectivity index (χ1n) is 12.4. The molecule has 1 N–H and O–H groups in total. The van der Waals surface area contributed by atoms with E-state index in [1.165, 1.54) is 17.0 Å². The van der Waals surface area contributed by atoms with E-state index in [-0.39, 0.29) is 17.3 Å². The lowest BCUT2D eigenvalue weighted by atomic mass is 10.1. The van der Waals surface area contributed by atoms with Crippen LogP contribution in [0.2, 0.25) is 10.0 Å². The number of para-hydroxylation sites is 1. The Morgan fingerprint density at radius 1 is 0.949 bits per heavy atom. The van der Waals surface area contributed by atoms with E-state index < -0.39 is 34.1 Å². The van der Waals surface area contributed by atoms with E-state index in [0.717, 1.165) is 4.31 Å². The Morgan fingerprint density at radius 3 is 2.15 bits per heavy atom. The van der Waals surface area contributed by atoms with Crippen LogP contribution in [0.3, 0.4) is 0 Å². The number of nitrogens with zero attached hydrogens (tertiary/aromatic N) is 2. The van der Waals surface area contributed by atoms with Gasteiger partial charge >= 0.3 is 0 Å². The van der Waals surface area contributed by atoms with Gasteiger partial charge in [-0.3, -0.25) is 13.9 Å². The predicted octanol–water partition coefficient (Wildman–Crippen LogP) is 5.83. The molecule has 39 heavy (non-hydrogen) atoms. The molecule has 0 saturated carbocycles. The molecule has 3 aromatic rings. The van der Waals surface area contributed by atoms with Crippen LogP contribution >= 0.6 is 23.2 Å². The lowest BCUT2D eigenvalue weighted by Crippen LogP contribution is -2.54. The fraction of sp³-hybridized carbons (Fsp3) is 0.310. The van der Waals surface area contributed by atoms with Crippen LogP contribution in [0.1, 0.15) is 38.8 Å². The third kappa shape index (κ3) is 7.75. The summed E-state index contributed by atoms with van der Waals surface area (Å²) in [4.78, 5) is 28.5. The normalized spacial score (nSPS) is 12.5. The molecule has 1 unspecified atom stereocenters. The molecular weight excluding hydrogens is 557 g/mol. The summed E-state index contributed by atoms with van der Waals surface area (Å²) in [5, 5.41) is 3.66. The SMILES string of the molecule is Cc1ccccc1N(CC(=O)N(Cc1ccc(Cl)cc1Cl)C(C)C(=O)NC(C)(C)C)S(=O)(=O)c1ccccc1. The van der Waals surface area contributed by atoms with Crippen LogP contribution in [0.5, 0.6) is 0 Å². The number of rotatable bonds is 9. The van der Waals surface area contributed by atoms with Gasteiger partial charge in [0.25, 0.3) is 10.0 Å². The molecule has 0 heterocycles. The molecule has 0 bridgehead atoms. The van der Waals surface area contributed by atoms with Crippen LogP contribution in [0.4, 0.5) is 5.69 Å². The predicted molar refractivity (Wildman–Crippen MR) is 157 cm³/mol. The standard InChI is InChI=1S/C29H33Cl2N3O4S/c1-20-11-9-10-14-26(20)34(39(37,38)24-12-7-6-8-13-24)19-27(35)33(21(2)28(36)32-29(3,4)5)18-22-15-16-23(30)17-25(22)31/h6-17,21H,18-19H2,1-5H3,(H,32,36). The van der Waals surface area contributed by atoms with Gasteiger partial charge in [-0.05, 0) is 76.1 Å². The molecule has 3 aromatic carbocycles. The molecule has 208 valence electrons. The van der Waals surface area contributed by atoms with Crippen LogP contribution in [0.25, 0.3) is 0 Å². The molecule has 0 aromatic heterocycles. The van der Waals surface area contributed by atoms with Gasteiger partial charge in [0.1, 0.15) is 12.6 Å². The first-order valence-corrected chi connectivity index (χ1v) is 14.6. The smallest absolute Gasteiger partial charge is 0.264 e. The lowest BCUT2D eigenvalue weighted by Gasteiger charge is -2.34. The fourth-order valence-corrected chi connectivity index (χ4v) is 5.93. The summed E-state index contributed by atoms with van der Waals surface area (Å²) in [6, 6.07) is 18.8. The summed E-state index contributed by atoms with van der Waals surface area (Å²) >= 11 is 12.5. The molecule has 2 amide bonds. The molecule has 0 aliphatic heterocycles. The minimum absolute atomic E-state index is 0.0272. The van der Waals surface area contributed by atoms with Crippen molar-refractivity contribution in [2.24, 2.45) is 0 Å². The second kappa shape index (κ2) is 12.4. The molecule has 7 nitrogen and oxygen atoms in total. The van der Waals surface area contributed by atoms with Crippen molar-refractivity contribution in [3.05, 3.63) is 94.0 Å². The lowest BCUT2D eigenvalue weighted by molar-refractivity contribution is -0.140. The van der Waals surface area contributed by atoms with Gasteiger partial charge < -0.3 is 10.2 Å². The minimum atomic E-state index is -4.12. The van der Waals surface area contributed by atoms with Crippen molar-refractivity contribution in [3.63, 3.8) is 0 Å². The van der Waals surface area contributed by atoms with E-state index >= 15 is 0 Å². The van der Waals surface area contributed by atoms with Crippen LogP contribution in [0.15, 0.2) is 77.7 Å². The van der Waals surface area contributed by atoms with Gasteiger partial charge in [-0.1, -0.05) is 65.7 Å². The molecule has 0 fully saturated rings. The number of halogens is 2. The van der Waals surface area contributed by atoms with E-state index in [0.29, 0.717) is 26.9 Å². The van der Waals surface area contributed by atoms with Crippen molar-refractivity contribution in [2.75, 3.05) is 10.8 Å². The summed E-state index contributed by atoms with van der Waals surface area (Å²) in [7, 11) is -4.12. The zero-order valence-corrected chi connectivity index (χ0v) is 24.9. The molecule has 1 atom stereocenters. The number of anilines is 1. The third-order valence-electron chi connectivity index (χ3n) is 6.02. The average Bonchev–Trinajstić information content (AvgIpc) is 2.86. The Bertz CT molecular complexity index is 1440. The van der Waals surface area contributed by atoms with Crippen LogP contribution in [-0.4, -0.2) is 43.3 Å². The average molecular weight is 591 g/mol. The number of hydrogen-bond donors (Lipinski definition) is 1. The first-order chi connectivity index (χ1) is 18.2. The Morgan fingerprint density at radius 2 is 1.56 bits per heavy atom. The number of hydrogen-bond acceptors (Lipinski definition) is 4. The largest absolute Gasteiger partial charge is 0.350 e. The van der Waals surface area contributed by atoms with Gasteiger partial charge in [-0.25, -0.2) is 8.42 Å². The van der Waals surface area contributed by atoms with E-state index in [2.05, 4.69) is 5.32 Å². The van der Waals surface area contributed by atoms with Crippen molar-refractivity contribution in [1.82, 2.24) is 10.2 Å². The van der Waals surface area contributed by atoms with Gasteiger partial charge in [-0.2, -0.15) is 0 Å². The van der Waals surface area contributed by atoms with Crippen molar-refractivity contribution < 1.29 is 18.0 Å². The minimum Gasteiger partial charge on any atom is -0.350 e. The fourth-order valence-electron chi connectivity index (χ4n) is 3.97. The van der Waals surface area contributed by atoms with E-state index in [1.807, 2.05) is 20.8 Å². The Kier molecular flexibility index (Phi) is 9.69. The molecule has 3 rings (SSSR count). The number of aryl methyl sites for hydroxylation is 1. The van der Waals surface area contributed by atoms with Crippen LogP contribution in [-0.2, 0) is 26.2 Å². The second-order valence-electron chi connectivity index (χ2n) is 10.3. The third-order valence-corrected chi connectivity index (χ3v) is 8.38. The molecule has 0 aliphatic rings. The Labute approximate surface area is 240 Å². The number of carbonyl (C=O) groups excluding carboxylic acids is 2. The number of sulfonamides is 1. The van der Waals surface area contributed by atoms with E-state index in [1.54, 1.807) is 74.5 Å². The molecule has 0 spiro atoms. The molecule has 0 radical (unpaired) electrons. The summed E-state index contributed by atoms with van der Waals surface area (Å²) < 4.78 is 28.7. The number of carbonyl (C=O) groups is 2. The maximum absolute atomic E-state index is 14.0. The van der Waals surface area contributed by atoms with E-state index in [9.17, 15) is 18.0 Å². The van der Waals surface area contributed by atoms with Gasteiger partial charge in [0.2, 0.25) is 11.8 Å². The Balaban J connectivity index is 2.06. The van der Waals surface area contributed by atoms with Crippen molar-refractivity contribution in [1.29, 1.82) is 0 Å². The Hall–Kier alpha value is -3.07. The number of nitrogens with one attached hydrogen (secondary N) is 1. The first kappa shape index (κ1) is 30.5. The van der Waals surface area contributed by atoms with Gasteiger partial charge in [-0.15, -0.1) is 0 Å². The highest BCUT2D eigenvalue weighted by atomic mass is 35.5. The molecular formula is C29H33Cl2N3O4S. The topological polar surface area (TPSA) is 86.8 Å². The van der Waals surface area contributed by atoms with Crippen molar-refractivity contribution in [3.8, 4) is 0 Å². The summed E-state index contributed by atoms with van der Waals surface area (Å²) in [6.45, 7) is 8.34. The number of benzene rings is 3. The summed E-state index contributed by atoms with van der Waals surface area (Å²) in [5.74, 6) is -0.949.